The van der Waals surface area contributed by atoms with Crippen LogP contribution in [0.25, 0.3) is 0 Å². The zero-order valence-electron chi connectivity index (χ0n) is 4.72. The summed E-state index contributed by atoms with van der Waals surface area (Å²) in [5.74, 6) is 0. The third-order valence-electron chi connectivity index (χ3n) is 0.855. The molecule has 0 amide bonds. The summed E-state index contributed by atoms with van der Waals surface area (Å²) in [6, 6.07) is 0.206. The van der Waals surface area contributed by atoms with Crippen LogP contribution in [0.15, 0.2) is 12.7 Å². The Morgan fingerprint density at radius 3 is 2.57 bits per heavy atom. The van der Waals surface area contributed by atoms with E-state index in [9.17, 15) is 0 Å². The van der Waals surface area contributed by atoms with E-state index in [-0.39, 0.29) is 6.04 Å². The molecule has 0 aliphatic rings. The van der Waals surface area contributed by atoms with E-state index in [1.165, 1.54) is 0 Å². The molecule has 0 aromatic rings. The molecule has 0 heterocycles. The Kier molecular flexibility index (Phi) is 3.71. The van der Waals surface area contributed by atoms with Crippen LogP contribution in [0, 0.1) is 6.42 Å². The van der Waals surface area contributed by atoms with Gasteiger partial charge in [0, 0.05) is 6.04 Å². The Morgan fingerprint density at radius 2 is 2.43 bits per heavy atom. The summed E-state index contributed by atoms with van der Waals surface area (Å²) in [4.78, 5) is 0. The van der Waals surface area contributed by atoms with Crippen LogP contribution in [0.2, 0.25) is 0 Å². The third kappa shape index (κ3) is 3.53. The second kappa shape index (κ2) is 3.88. The molecule has 0 saturated carbocycles. The van der Waals surface area contributed by atoms with Crippen molar-refractivity contribution < 1.29 is 0 Å². The van der Waals surface area contributed by atoms with E-state index in [0.717, 1.165) is 6.42 Å². The van der Waals surface area contributed by atoms with Gasteiger partial charge in [0.25, 0.3) is 0 Å². The van der Waals surface area contributed by atoms with Gasteiger partial charge < -0.3 is 5.73 Å². The molecule has 0 fully saturated rings. The Hall–Kier alpha value is -0.300. The monoisotopic (exact) mass is 98.1 g/mol. The zero-order valence-corrected chi connectivity index (χ0v) is 4.72. The first-order chi connectivity index (χ1) is 3.31. The van der Waals surface area contributed by atoms with E-state index in [4.69, 9.17) is 5.73 Å². The zero-order chi connectivity index (χ0) is 5.70. The minimum atomic E-state index is 0.206. The highest BCUT2D eigenvalue weighted by molar-refractivity contribution is 4.93. The highest BCUT2D eigenvalue weighted by Gasteiger charge is 1.91. The van der Waals surface area contributed by atoms with Crippen molar-refractivity contribution in [1.82, 2.24) is 0 Å². The average Bonchev–Trinajstić information content (AvgIpc) is 1.68. The van der Waals surface area contributed by atoms with Gasteiger partial charge in [-0.25, -0.2) is 0 Å². The van der Waals surface area contributed by atoms with Gasteiger partial charge in [-0.2, -0.15) is 0 Å². The van der Waals surface area contributed by atoms with Crippen molar-refractivity contribution in [3.63, 3.8) is 0 Å². The first kappa shape index (κ1) is 6.70. The lowest BCUT2D eigenvalue weighted by Gasteiger charge is -2.00. The van der Waals surface area contributed by atoms with Gasteiger partial charge in [-0.05, 0) is 12.8 Å². The largest absolute Gasteiger partial charge is 0.327 e. The Morgan fingerprint density at radius 1 is 1.86 bits per heavy atom. The lowest BCUT2D eigenvalue weighted by atomic mass is 10.2. The first-order valence-electron chi connectivity index (χ1n) is 2.52. The number of rotatable bonds is 3. The number of hydrogen-bond acceptors (Lipinski definition) is 1. The molecular formula is C6H12N. The molecule has 1 unspecified atom stereocenters. The molecule has 1 nitrogen and oxygen atoms in total. The summed E-state index contributed by atoms with van der Waals surface area (Å²) in [6.07, 6.45) is 4.61. The maximum atomic E-state index is 5.46. The molecule has 1 heteroatoms. The van der Waals surface area contributed by atoms with Crippen molar-refractivity contribution in [2.45, 2.75) is 19.4 Å². The molecule has 0 aromatic carbocycles. The highest BCUT2D eigenvalue weighted by atomic mass is 14.6. The maximum Gasteiger partial charge on any atom is 0.0105 e. The summed E-state index contributed by atoms with van der Waals surface area (Å²) in [5, 5.41) is 0. The smallest absolute Gasteiger partial charge is 0.0105 e. The van der Waals surface area contributed by atoms with Crippen molar-refractivity contribution in [2.24, 2.45) is 5.73 Å². The van der Waals surface area contributed by atoms with Crippen molar-refractivity contribution in [3.8, 4) is 0 Å². The van der Waals surface area contributed by atoms with Gasteiger partial charge in [0.15, 0.2) is 0 Å². The van der Waals surface area contributed by atoms with Crippen molar-refractivity contribution in [3.05, 3.63) is 19.1 Å². The molecule has 1 radical (unpaired) electrons. The molecule has 2 N–H and O–H groups in total. The van der Waals surface area contributed by atoms with Crippen LogP contribution in [0.4, 0.5) is 0 Å². The Bertz CT molecular complexity index is 50.1. The minimum Gasteiger partial charge on any atom is -0.327 e. The van der Waals surface area contributed by atoms with Crippen LogP contribution in [0.1, 0.15) is 13.3 Å². The van der Waals surface area contributed by atoms with E-state index in [1.807, 2.05) is 13.3 Å². The summed E-state index contributed by atoms with van der Waals surface area (Å²) >= 11 is 0. The second-order valence-corrected chi connectivity index (χ2v) is 1.50. The molecule has 0 aliphatic carbocycles. The van der Waals surface area contributed by atoms with Crippen LogP contribution in [0.3, 0.4) is 0 Å². The van der Waals surface area contributed by atoms with Crippen LogP contribution >= 0.6 is 0 Å². The third-order valence-corrected chi connectivity index (χ3v) is 0.855. The summed E-state index contributed by atoms with van der Waals surface area (Å²) in [6.45, 7) is 5.56. The second-order valence-electron chi connectivity index (χ2n) is 1.50. The highest BCUT2D eigenvalue weighted by Crippen LogP contribution is 1.89. The Balaban J connectivity index is 2.98. The van der Waals surface area contributed by atoms with Crippen LogP contribution in [-0.2, 0) is 0 Å². The lowest BCUT2D eigenvalue weighted by Crippen LogP contribution is -2.17. The van der Waals surface area contributed by atoms with Gasteiger partial charge in [-0.1, -0.05) is 13.0 Å². The normalized spacial score (nSPS) is 13.4. The standard InChI is InChI=1S/C6H12N/c1-3-5-6(7)4-2/h3,5-6H,1,4,7H2,2H3. The fourth-order valence-corrected chi connectivity index (χ4v) is 0.311. The van der Waals surface area contributed by atoms with Crippen LogP contribution in [-0.4, -0.2) is 6.04 Å². The van der Waals surface area contributed by atoms with Crippen molar-refractivity contribution in [1.29, 1.82) is 0 Å². The molecule has 0 spiro atoms. The molecule has 1 atom stereocenters. The van der Waals surface area contributed by atoms with Gasteiger partial charge in [0.05, 0.1) is 0 Å². The fraction of sp³-hybridized carbons (Fsp3) is 0.500. The molecule has 0 aromatic heterocycles. The van der Waals surface area contributed by atoms with E-state index < -0.39 is 0 Å². The summed E-state index contributed by atoms with van der Waals surface area (Å²) in [7, 11) is 0. The molecule has 0 saturated heterocycles. The molecule has 0 rings (SSSR count). The van der Waals surface area contributed by atoms with Gasteiger partial charge in [-0.15, -0.1) is 6.58 Å². The maximum absolute atomic E-state index is 5.46. The quantitative estimate of drug-likeness (QED) is 0.562. The van der Waals surface area contributed by atoms with Gasteiger partial charge in [0.2, 0.25) is 0 Å². The van der Waals surface area contributed by atoms with Crippen LogP contribution in [0.5, 0.6) is 0 Å². The van der Waals surface area contributed by atoms with E-state index in [2.05, 4.69) is 6.58 Å². The van der Waals surface area contributed by atoms with Gasteiger partial charge in [0.1, 0.15) is 0 Å². The predicted octanol–water partition coefficient (Wildman–Crippen LogP) is 1.11. The molecule has 0 bridgehead atoms. The number of nitrogens with two attached hydrogens (primary N) is 1. The van der Waals surface area contributed by atoms with Gasteiger partial charge in [-0.3, -0.25) is 0 Å². The number of hydrogen-bond donors (Lipinski definition) is 1. The molecule has 0 aliphatic heterocycles. The van der Waals surface area contributed by atoms with Crippen LogP contribution < -0.4 is 5.73 Å². The van der Waals surface area contributed by atoms with Crippen molar-refractivity contribution in [2.75, 3.05) is 0 Å². The fourth-order valence-electron chi connectivity index (χ4n) is 0.311. The SMILES string of the molecule is C=C[CH]C(N)CC. The Labute approximate surface area is 45.2 Å². The van der Waals surface area contributed by atoms with Gasteiger partial charge >= 0.3 is 0 Å². The molecule has 41 valence electrons. The lowest BCUT2D eigenvalue weighted by molar-refractivity contribution is 0.751. The predicted molar refractivity (Wildman–Crippen MR) is 32.8 cm³/mol. The van der Waals surface area contributed by atoms with E-state index in [0.29, 0.717) is 0 Å². The van der Waals surface area contributed by atoms with Crippen molar-refractivity contribution >= 4 is 0 Å². The first-order valence-corrected chi connectivity index (χ1v) is 2.52. The molecular weight excluding hydrogens is 86.1 g/mol. The van der Waals surface area contributed by atoms with E-state index >= 15 is 0 Å². The topological polar surface area (TPSA) is 26.0 Å². The average molecular weight is 98.2 g/mol. The summed E-state index contributed by atoms with van der Waals surface area (Å²) < 4.78 is 0. The van der Waals surface area contributed by atoms with E-state index in [1.54, 1.807) is 6.08 Å². The minimum absolute atomic E-state index is 0.206. The molecule has 7 heavy (non-hydrogen) atoms. The summed E-state index contributed by atoms with van der Waals surface area (Å²) in [5.41, 5.74) is 5.46.